The van der Waals surface area contributed by atoms with Crippen molar-refractivity contribution < 1.29 is 10.1 Å². The van der Waals surface area contributed by atoms with Crippen LogP contribution >= 0.6 is 11.6 Å². The van der Waals surface area contributed by atoms with Gasteiger partial charge in [-0.05, 0) is 6.07 Å². The lowest BCUT2D eigenvalue weighted by atomic mass is 10.4. The number of hydrogen-bond acceptors (Lipinski definition) is 2. The van der Waals surface area contributed by atoms with E-state index in [0.717, 1.165) is 0 Å². The monoisotopic (exact) mass is 159 g/mol. The molecule has 0 spiro atoms. The zero-order valence-corrected chi connectivity index (χ0v) is 5.62. The Hall–Kier alpha value is -1.16. The van der Waals surface area contributed by atoms with E-state index in [9.17, 15) is 4.91 Å². The molecule has 0 unspecified atom stereocenters. The van der Waals surface area contributed by atoms with E-state index in [-0.39, 0.29) is 15.8 Å². The van der Waals surface area contributed by atoms with Crippen molar-refractivity contribution in [1.82, 2.24) is 4.98 Å². The number of pyridine rings is 1. The lowest BCUT2D eigenvalue weighted by Gasteiger charge is -1.83. The molecular weight excluding hydrogens is 156 g/mol. The SMILES string of the molecule is O=[N+](O)c1ccc(Cl)nc1. The van der Waals surface area contributed by atoms with Gasteiger partial charge in [-0.1, -0.05) is 11.6 Å². The highest BCUT2D eigenvalue weighted by atomic mass is 35.5. The molecule has 0 aliphatic carbocycles. The first kappa shape index (κ1) is 6.95. The van der Waals surface area contributed by atoms with Crippen LogP contribution in [0.25, 0.3) is 0 Å². The van der Waals surface area contributed by atoms with Gasteiger partial charge >= 0.3 is 5.69 Å². The smallest absolute Gasteiger partial charge is 0.241 e. The standard InChI is InChI=1S/C5H4ClN2O2/c6-5-2-1-4(3-7-5)8(9)10/h1-3H,(H,9,10)/q+1. The summed E-state index contributed by atoms with van der Waals surface area (Å²) in [5.41, 5.74) is 0.0596. The average Bonchev–Trinajstić information content (AvgIpc) is 1.88. The summed E-state index contributed by atoms with van der Waals surface area (Å²) in [6.45, 7) is 0. The quantitative estimate of drug-likeness (QED) is 0.500. The van der Waals surface area contributed by atoms with Crippen LogP contribution in [0.2, 0.25) is 5.15 Å². The number of halogens is 1. The molecule has 0 bridgehead atoms. The summed E-state index contributed by atoms with van der Waals surface area (Å²) in [5, 5.41) is 8.59. The van der Waals surface area contributed by atoms with Crippen molar-refractivity contribution >= 4 is 17.3 Å². The topological polar surface area (TPSA) is 53.2 Å². The van der Waals surface area contributed by atoms with E-state index in [1.54, 1.807) is 0 Å². The van der Waals surface area contributed by atoms with Crippen LogP contribution in [0.5, 0.6) is 0 Å². The van der Waals surface area contributed by atoms with Gasteiger partial charge in [0.15, 0.2) is 0 Å². The maximum Gasteiger partial charge on any atom is 0.334 e. The Morgan fingerprint density at radius 2 is 2.30 bits per heavy atom. The Balaban J connectivity index is 3.00. The highest BCUT2D eigenvalue weighted by Crippen LogP contribution is 2.10. The minimum atomic E-state index is -0.274. The second-order valence-corrected chi connectivity index (χ2v) is 2.00. The van der Waals surface area contributed by atoms with Crippen LogP contribution in [0.15, 0.2) is 18.3 Å². The molecule has 1 aromatic rings. The molecule has 0 aliphatic rings. The first-order chi connectivity index (χ1) is 4.70. The Morgan fingerprint density at radius 1 is 1.60 bits per heavy atom. The molecule has 0 atom stereocenters. The van der Waals surface area contributed by atoms with Gasteiger partial charge in [0.2, 0.25) is 0 Å². The number of hydrogen-bond donors (Lipinski definition) is 1. The van der Waals surface area contributed by atoms with Crippen LogP contribution in [-0.2, 0) is 0 Å². The largest absolute Gasteiger partial charge is 0.334 e. The average molecular weight is 160 g/mol. The van der Waals surface area contributed by atoms with Gasteiger partial charge in [0.05, 0.1) is 4.91 Å². The van der Waals surface area contributed by atoms with Crippen molar-refractivity contribution in [3.63, 3.8) is 0 Å². The Kier molecular flexibility index (Phi) is 1.82. The fraction of sp³-hybridized carbons (Fsp3) is 0. The summed E-state index contributed by atoms with van der Waals surface area (Å²) in [4.78, 5) is 13.4. The summed E-state index contributed by atoms with van der Waals surface area (Å²) in [6, 6.07) is 2.78. The molecule has 0 saturated carbocycles. The first-order valence-electron chi connectivity index (χ1n) is 2.48. The summed E-state index contributed by atoms with van der Waals surface area (Å²) >= 11 is 5.40. The maximum absolute atomic E-state index is 10.1. The lowest BCUT2D eigenvalue weighted by molar-refractivity contribution is -0.729. The Morgan fingerprint density at radius 3 is 2.70 bits per heavy atom. The molecule has 0 fully saturated rings. The van der Waals surface area contributed by atoms with E-state index in [1.807, 2.05) is 0 Å². The van der Waals surface area contributed by atoms with E-state index in [0.29, 0.717) is 0 Å². The van der Waals surface area contributed by atoms with Gasteiger partial charge in [0, 0.05) is 6.07 Å². The van der Waals surface area contributed by atoms with Crippen LogP contribution in [-0.4, -0.2) is 15.1 Å². The number of nitrogens with zero attached hydrogens (tertiary/aromatic N) is 2. The minimum absolute atomic E-state index is 0.0596. The zero-order valence-electron chi connectivity index (χ0n) is 4.86. The van der Waals surface area contributed by atoms with Gasteiger partial charge in [-0.2, -0.15) is 0 Å². The van der Waals surface area contributed by atoms with E-state index in [4.69, 9.17) is 16.8 Å². The molecule has 1 heterocycles. The first-order valence-corrected chi connectivity index (χ1v) is 2.85. The minimum Gasteiger partial charge on any atom is -0.241 e. The molecule has 0 amide bonds. The molecule has 52 valence electrons. The predicted octanol–water partition coefficient (Wildman–Crippen LogP) is 1.53. The van der Waals surface area contributed by atoms with Gasteiger partial charge in [0.25, 0.3) is 4.92 Å². The molecule has 4 nitrogen and oxygen atoms in total. The molecule has 0 aliphatic heterocycles. The second-order valence-electron chi connectivity index (χ2n) is 1.61. The van der Waals surface area contributed by atoms with E-state index in [1.165, 1.54) is 18.3 Å². The van der Waals surface area contributed by atoms with Crippen LogP contribution in [0.3, 0.4) is 0 Å². The van der Waals surface area contributed by atoms with Crippen LogP contribution in [0.4, 0.5) is 5.69 Å². The third-order valence-electron chi connectivity index (χ3n) is 0.933. The Labute approximate surface area is 61.6 Å². The highest BCUT2D eigenvalue weighted by Gasteiger charge is 2.09. The van der Waals surface area contributed by atoms with Crippen molar-refractivity contribution in [2.45, 2.75) is 0 Å². The molecular formula is C5H4ClN2O2+. The zero-order chi connectivity index (χ0) is 7.56. The normalized spacial score (nSPS) is 9.30. The molecule has 10 heavy (non-hydrogen) atoms. The lowest BCUT2D eigenvalue weighted by Crippen LogP contribution is -1.91. The fourth-order valence-corrected chi connectivity index (χ4v) is 0.593. The van der Waals surface area contributed by atoms with E-state index < -0.39 is 0 Å². The van der Waals surface area contributed by atoms with Crippen LogP contribution < -0.4 is 0 Å². The van der Waals surface area contributed by atoms with E-state index in [2.05, 4.69) is 4.98 Å². The van der Waals surface area contributed by atoms with Crippen molar-refractivity contribution in [3.8, 4) is 0 Å². The van der Waals surface area contributed by atoms with Crippen molar-refractivity contribution in [1.29, 1.82) is 0 Å². The molecule has 0 radical (unpaired) electrons. The highest BCUT2D eigenvalue weighted by molar-refractivity contribution is 6.29. The third-order valence-corrected chi connectivity index (χ3v) is 1.16. The summed E-state index contributed by atoms with van der Waals surface area (Å²) in [5.74, 6) is 0. The summed E-state index contributed by atoms with van der Waals surface area (Å²) < 4.78 is 0. The van der Waals surface area contributed by atoms with Gasteiger partial charge in [0.1, 0.15) is 11.3 Å². The van der Waals surface area contributed by atoms with Gasteiger partial charge in [-0.3, -0.25) is 0 Å². The fourth-order valence-electron chi connectivity index (χ4n) is 0.481. The summed E-state index contributed by atoms with van der Waals surface area (Å²) in [7, 11) is 0. The Bertz CT molecular complexity index is 246. The summed E-state index contributed by atoms with van der Waals surface area (Å²) in [6.07, 6.45) is 1.18. The van der Waals surface area contributed by atoms with Crippen LogP contribution in [0.1, 0.15) is 0 Å². The maximum atomic E-state index is 10.1. The molecule has 1 aromatic heterocycles. The van der Waals surface area contributed by atoms with Crippen molar-refractivity contribution in [2.24, 2.45) is 0 Å². The molecule has 1 N–H and O–H groups in total. The number of rotatable bonds is 1. The van der Waals surface area contributed by atoms with Gasteiger partial charge in [-0.15, -0.1) is 0 Å². The van der Waals surface area contributed by atoms with Crippen LogP contribution in [0, 0.1) is 4.91 Å². The molecule has 0 saturated heterocycles. The number of aromatic nitrogens is 1. The molecule has 0 aromatic carbocycles. The van der Waals surface area contributed by atoms with Crippen molar-refractivity contribution in [3.05, 3.63) is 28.4 Å². The van der Waals surface area contributed by atoms with E-state index >= 15 is 0 Å². The van der Waals surface area contributed by atoms with Gasteiger partial charge < -0.3 is 0 Å². The third kappa shape index (κ3) is 1.41. The second kappa shape index (κ2) is 2.62. The predicted molar refractivity (Wildman–Crippen MR) is 34.3 cm³/mol. The molecule has 5 heteroatoms. The molecule has 1 rings (SSSR count). The van der Waals surface area contributed by atoms with Gasteiger partial charge in [-0.25, -0.2) is 10.2 Å². The van der Waals surface area contributed by atoms with Crippen molar-refractivity contribution in [2.75, 3.05) is 0 Å².